The first-order chi connectivity index (χ1) is 5.88. The van der Waals surface area contributed by atoms with Gasteiger partial charge in [0.2, 0.25) is 0 Å². The SMILES string of the molecule is CCCSCc1nnsc1NC. The molecule has 0 aliphatic heterocycles. The molecule has 1 aromatic heterocycles. The van der Waals surface area contributed by atoms with E-state index in [9.17, 15) is 0 Å². The topological polar surface area (TPSA) is 37.8 Å². The average molecular weight is 203 g/mol. The molecular weight excluding hydrogens is 190 g/mol. The van der Waals surface area contributed by atoms with Crippen LogP contribution in [0.4, 0.5) is 5.00 Å². The van der Waals surface area contributed by atoms with Gasteiger partial charge in [0.15, 0.2) is 0 Å². The van der Waals surface area contributed by atoms with Crippen LogP contribution in [-0.4, -0.2) is 22.4 Å². The molecule has 0 aromatic carbocycles. The van der Waals surface area contributed by atoms with Crippen molar-refractivity contribution in [2.75, 3.05) is 18.1 Å². The van der Waals surface area contributed by atoms with E-state index in [1.807, 2.05) is 18.8 Å². The van der Waals surface area contributed by atoms with E-state index < -0.39 is 0 Å². The number of thioether (sulfide) groups is 1. The highest BCUT2D eigenvalue weighted by Crippen LogP contribution is 2.21. The molecule has 0 amide bonds. The number of hydrogen-bond acceptors (Lipinski definition) is 5. The monoisotopic (exact) mass is 203 g/mol. The predicted octanol–water partition coefficient (Wildman–Crippen LogP) is 2.22. The highest BCUT2D eigenvalue weighted by Gasteiger charge is 2.04. The smallest absolute Gasteiger partial charge is 0.133 e. The van der Waals surface area contributed by atoms with Crippen LogP contribution in [0.15, 0.2) is 0 Å². The molecule has 5 heteroatoms. The molecule has 0 bridgehead atoms. The van der Waals surface area contributed by atoms with Gasteiger partial charge in [-0.1, -0.05) is 11.4 Å². The first-order valence-electron chi connectivity index (χ1n) is 3.95. The molecular formula is C7H13N3S2. The van der Waals surface area contributed by atoms with Crippen LogP contribution in [0.25, 0.3) is 0 Å². The van der Waals surface area contributed by atoms with Crippen molar-refractivity contribution in [2.45, 2.75) is 19.1 Å². The number of anilines is 1. The molecule has 0 fully saturated rings. The normalized spacial score (nSPS) is 10.2. The Morgan fingerprint density at radius 3 is 3.08 bits per heavy atom. The molecule has 1 N–H and O–H groups in total. The van der Waals surface area contributed by atoms with E-state index in [1.165, 1.54) is 23.7 Å². The summed E-state index contributed by atoms with van der Waals surface area (Å²) in [7, 11) is 1.91. The largest absolute Gasteiger partial charge is 0.377 e. The summed E-state index contributed by atoms with van der Waals surface area (Å²) >= 11 is 3.33. The van der Waals surface area contributed by atoms with Crippen LogP contribution in [0.3, 0.4) is 0 Å². The number of nitrogens with zero attached hydrogens (tertiary/aromatic N) is 2. The Hall–Kier alpha value is -0.290. The molecule has 12 heavy (non-hydrogen) atoms. The van der Waals surface area contributed by atoms with Crippen LogP contribution < -0.4 is 5.32 Å². The molecule has 0 saturated carbocycles. The fraction of sp³-hybridized carbons (Fsp3) is 0.714. The molecule has 0 atom stereocenters. The summed E-state index contributed by atoms with van der Waals surface area (Å²) in [5.41, 5.74) is 1.08. The number of rotatable bonds is 5. The van der Waals surface area contributed by atoms with E-state index in [0.29, 0.717) is 0 Å². The van der Waals surface area contributed by atoms with Crippen LogP contribution in [0.1, 0.15) is 19.0 Å². The number of aromatic nitrogens is 2. The van der Waals surface area contributed by atoms with Crippen LogP contribution in [-0.2, 0) is 5.75 Å². The molecule has 1 rings (SSSR count). The second kappa shape index (κ2) is 5.37. The molecule has 3 nitrogen and oxygen atoms in total. The van der Waals surface area contributed by atoms with Crippen molar-refractivity contribution in [3.63, 3.8) is 0 Å². The first kappa shape index (κ1) is 9.80. The summed E-state index contributed by atoms with van der Waals surface area (Å²) in [6.45, 7) is 2.19. The van der Waals surface area contributed by atoms with Crippen molar-refractivity contribution >= 4 is 28.3 Å². The zero-order valence-electron chi connectivity index (χ0n) is 7.33. The van der Waals surface area contributed by atoms with Gasteiger partial charge in [-0.05, 0) is 12.2 Å². The zero-order valence-corrected chi connectivity index (χ0v) is 8.97. The molecule has 68 valence electrons. The van der Waals surface area contributed by atoms with Gasteiger partial charge in [0, 0.05) is 24.3 Å². The number of nitrogens with one attached hydrogen (secondary N) is 1. The van der Waals surface area contributed by atoms with Crippen LogP contribution >= 0.6 is 23.3 Å². The van der Waals surface area contributed by atoms with Gasteiger partial charge in [0.1, 0.15) is 10.7 Å². The van der Waals surface area contributed by atoms with Crippen molar-refractivity contribution < 1.29 is 0 Å². The zero-order chi connectivity index (χ0) is 8.81. The summed E-state index contributed by atoms with van der Waals surface area (Å²) in [6.07, 6.45) is 1.22. The summed E-state index contributed by atoms with van der Waals surface area (Å²) in [5.74, 6) is 2.17. The van der Waals surface area contributed by atoms with Crippen molar-refractivity contribution in [2.24, 2.45) is 0 Å². The molecule has 0 aliphatic carbocycles. The summed E-state index contributed by atoms with van der Waals surface area (Å²) < 4.78 is 3.89. The van der Waals surface area contributed by atoms with Crippen molar-refractivity contribution in [3.8, 4) is 0 Å². The second-order valence-electron chi connectivity index (χ2n) is 2.35. The van der Waals surface area contributed by atoms with Crippen LogP contribution in [0.5, 0.6) is 0 Å². The van der Waals surface area contributed by atoms with E-state index in [4.69, 9.17) is 0 Å². The van der Waals surface area contributed by atoms with E-state index in [-0.39, 0.29) is 0 Å². The van der Waals surface area contributed by atoms with Gasteiger partial charge in [-0.3, -0.25) is 0 Å². The third-order valence-corrected chi connectivity index (χ3v) is 3.33. The Labute approximate surface area is 81.1 Å². The van der Waals surface area contributed by atoms with Crippen LogP contribution in [0.2, 0.25) is 0 Å². The average Bonchev–Trinajstić information content (AvgIpc) is 2.52. The van der Waals surface area contributed by atoms with Gasteiger partial charge in [-0.15, -0.1) is 5.10 Å². The molecule has 1 aromatic rings. The fourth-order valence-electron chi connectivity index (χ4n) is 0.806. The van der Waals surface area contributed by atoms with Crippen molar-refractivity contribution in [1.82, 2.24) is 9.59 Å². The Balaban J connectivity index is 2.39. The maximum atomic E-state index is 4.04. The Morgan fingerprint density at radius 1 is 1.58 bits per heavy atom. The van der Waals surface area contributed by atoms with Gasteiger partial charge in [-0.2, -0.15) is 11.8 Å². The third kappa shape index (κ3) is 2.64. The van der Waals surface area contributed by atoms with E-state index in [2.05, 4.69) is 21.8 Å². The molecule has 0 unspecified atom stereocenters. The lowest BCUT2D eigenvalue weighted by Crippen LogP contribution is -1.91. The minimum absolute atomic E-state index is 0.973. The fourth-order valence-corrected chi connectivity index (χ4v) is 2.26. The standard InChI is InChI=1S/C7H13N3S2/c1-3-4-11-5-6-7(8-2)12-10-9-6/h8H,3-5H2,1-2H3. The lowest BCUT2D eigenvalue weighted by atomic mass is 10.5. The van der Waals surface area contributed by atoms with Crippen molar-refractivity contribution in [3.05, 3.63) is 5.69 Å². The maximum absolute atomic E-state index is 4.04. The molecule has 0 aliphatic rings. The molecule has 0 saturated heterocycles. The minimum Gasteiger partial charge on any atom is -0.377 e. The molecule has 0 spiro atoms. The van der Waals surface area contributed by atoms with E-state index in [0.717, 1.165) is 16.4 Å². The highest BCUT2D eigenvalue weighted by molar-refractivity contribution is 7.98. The first-order valence-corrected chi connectivity index (χ1v) is 5.88. The van der Waals surface area contributed by atoms with Gasteiger partial charge < -0.3 is 5.32 Å². The lowest BCUT2D eigenvalue weighted by molar-refractivity contribution is 1.06. The van der Waals surface area contributed by atoms with Gasteiger partial charge in [0.25, 0.3) is 0 Å². The van der Waals surface area contributed by atoms with Crippen molar-refractivity contribution in [1.29, 1.82) is 0 Å². The molecule has 1 heterocycles. The van der Waals surface area contributed by atoms with Crippen LogP contribution in [0, 0.1) is 0 Å². The minimum atomic E-state index is 0.973. The Kier molecular flexibility index (Phi) is 4.39. The highest BCUT2D eigenvalue weighted by atomic mass is 32.2. The second-order valence-corrected chi connectivity index (χ2v) is 4.21. The van der Waals surface area contributed by atoms with Gasteiger partial charge >= 0.3 is 0 Å². The summed E-state index contributed by atoms with van der Waals surface area (Å²) in [6, 6.07) is 0. The van der Waals surface area contributed by atoms with E-state index in [1.54, 1.807) is 0 Å². The van der Waals surface area contributed by atoms with E-state index >= 15 is 0 Å². The quantitative estimate of drug-likeness (QED) is 0.745. The van der Waals surface area contributed by atoms with Gasteiger partial charge in [0.05, 0.1) is 0 Å². The third-order valence-electron chi connectivity index (χ3n) is 1.37. The lowest BCUT2D eigenvalue weighted by Gasteiger charge is -1.98. The predicted molar refractivity (Wildman–Crippen MR) is 55.9 cm³/mol. The summed E-state index contributed by atoms with van der Waals surface area (Å²) in [5, 5.41) is 8.22. The Morgan fingerprint density at radius 2 is 2.42 bits per heavy atom. The molecule has 0 radical (unpaired) electrons. The Bertz CT molecular complexity index is 224. The summed E-state index contributed by atoms with van der Waals surface area (Å²) in [4.78, 5) is 0. The number of hydrogen-bond donors (Lipinski definition) is 1. The maximum Gasteiger partial charge on any atom is 0.133 e. The van der Waals surface area contributed by atoms with Gasteiger partial charge in [-0.25, -0.2) is 0 Å².